The number of amides is 2. The summed E-state index contributed by atoms with van der Waals surface area (Å²) in [5.74, 6) is -0.959. The standard InChI is InChI=1S/C26H26N4O3S/c1-4-9-19-14-21(31)30-22(24(32)27-15-18-11-6-5-7-12-18)23(34-26(30)28-19)25(33)29-20-13-8-10-16(2)17(20)3/h5-8,10-14H,4,9,15H2,1-3H3,(H,27,32)(H,29,33). The molecule has 2 amide bonds. The number of rotatable bonds is 7. The zero-order chi connectivity index (χ0) is 24.2. The second-order valence-corrected chi connectivity index (χ2v) is 9.08. The third kappa shape index (κ3) is 4.77. The van der Waals surface area contributed by atoms with E-state index in [0.29, 0.717) is 22.8 Å². The smallest absolute Gasteiger partial charge is 0.270 e. The summed E-state index contributed by atoms with van der Waals surface area (Å²) in [6.07, 6.45) is 1.47. The first kappa shape index (κ1) is 23.4. The van der Waals surface area contributed by atoms with Crippen molar-refractivity contribution in [3.05, 3.63) is 97.9 Å². The molecule has 2 N–H and O–H groups in total. The van der Waals surface area contributed by atoms with E-state index in [0.717, 1.165) is 34.4 Å². The number of fused-ring (bicyclic) bond motifs is 1. The maximum atomic E-state index is 13.3. The molecule has 2 aromatic carbocycles. The Morgan fingerprint density at radius 3 is 2.53 bits per heavy atom. The first-order valence-corrected chi connectivity index (χ1v) is 12.0. The van der Waals surface area contributed by atoms with Gasteiger partial charge in [0.15, 0.2) is 4.96 Å². The second-order valence-electron chi connectivity index (χ2n) is 8.10. The molecule has 2 heterocycles. The van der Waals surface area contributed by atoms with Gasteiger partial charge in [0.1, 0.15) is 10.6 Å². The highest BCUT2D eigenvalue weighted by Crippen LogP contribution is 2.25. The SMILES string of the molecule is CCCc1cc(=O)n2c(C(=O)NCc3ccccc3)c(C(=O)Nc3cccc(C)c3C)sc2n1. The molecule has 0 bridgehead atoms. The Hall–Kier alpha value is -3.78. The number of hydrogen-bond acceptors (Lipinski definition) is 5. The molecule has 0 spiro atoms. The molecule has 0 unspecified atom stereocenters. The number of hydrogen-bond donors (Lipinski definition) is 2. The summed E-state index contributed by atoms with van der Waals surface area (Å²) in [6.45, 7) is 6.16. The van der Waals surface area contributed by atoms with Crippen molar-refractivity contribution in [2.24, 2.45) is 0 Å². The highest BCUT2D eigenvalue weighted by atomic mass is 32.1. The molecule has 4 aromatic rings. The number of anilines is 1. The summed E-state index contributed by atoms with van der Waals surface area (Å²) >= 11 is 1.04. The van der Waals surface area contributed by atoms with E-state index in [1.807, 2.05) is 69.3 Å². The predicted molar refractivity (Wildman–Crippen MR) is 135 cm³/mol. The van der Waals surface area contributed by atoms with Crippen LogP contribution in [0.3, 0.4) is 0 Å². The lowest BCUT2D eigenvalue weighted by atomic mass is 10.1. The zero-order valence-corrected chi connectivity index (χ0v) is 20.2. The summed E-state index contributed by atoms with van der Waals surface area (Å²) in [6, 6.07) is 16.5. The van der Waals surface area contributed by atoms with Crippen molar-refractivity contribution in [1.82, 2.24) is 14.7 Å². The Morgan fingerprint density at radius 1 is 1.03 bits per heavy atom. The molecular weight excluding hydrogens is 448 g/mol. The minimum Gasteiger partial charge on any atom is -0.347 e. The van der Waals surface area contributed by atoms with Crippen LogP contribution in [0.1, 0.15) is 55.9 Å². The first-order valence-electron chi connectivity index (χ1n) is 11.1. The van der Waals surface area contributed by atoms with Crippen LogP contribution in [-0.2, 0) is 13.0 Å². The van der Waals surface area contributed by atoms with Crippen LogP contribution < -0.4 is 16.2 Å². The van der Waals surface area contributed by atoms with Gasteiger partial charge in [0.05, 0.1) is 0 Å². The lowest BCUT2D eigenvalue weighted by Gasteiger charge is -2.11. The maximum Gasteiger partial charge on any atom is 0.270 e. The number of nitrogens with one attached hydrogen (secondary N) is 2. The number of benzene rings is 2. The van der Waals surface area contributed by atoms with E-state index in [9.17, 15) is 14.4 Å². The fraction of sp³-hybridized carbons (Fsp3) is 0.231. The number of nitrogens with zero attached hydrogens (tertiary/aromatic N) is 2. The molecule has 2 aromatic heterocycles. The van der Waals surface area contributed by atoms with Crippen LogP contribution in [-0.4, -0.2) is 21.2 Å². The van der Waals surface area contributed by atoms with Crippen molar-refractivity contribution in [2.45, 2.75) is 40.2 Å². The zero-order valence-electron chi connectivity index (χ0n) is 19.3. The summed E-state index contributed by atoms with van der Waals surface area (Å²) in [7, 11) is 0. The van der Waals surface area contributed by atoms with Crippen molar-refractivity contribution in [3.8, 4) is 0 Å². The van der Waals surface area contributed by atoms with E-state index in [2.05, 4.69) is 15.6 Å². The highest BCUT2D eigenvalue weighted by molar-refractivity contribution is 7.19. The number of carbonyl (C=O) groups excluding carboxylic acids is 2. The molecule has 174 valence electrons. The number of carbonyl (C=O) groups is 2. The van der Waals surface area contributed by atoms with Crippen LogP contribution in [0.2, 0.25) is 0 Å². The van der Waals surface area contributed by atoms with Crippen LogP contribution >= 0.6 is 11.3 Å². The summed E-state index contributed by atoms with van der Waals surface area (Å²) < 4.78 is 1.24. The quantitative estimate of drug-likeness (QED) is 0.412. The van der Waals surface area contributed by atoms with Crippen LogP contribution in [0.25, 0.3) is 4.96 Å². The van der Waals surface area contributed by atoms with Gasteiger partial charge in [-0.2, -0.15) is 0 Å². The summed E-state index contributed by atoms with van der Waals surface area (Å²) in [5, 5.41) is 5.75. The Bertz CT molecular complexity index is 1420. The van der Waals surface area contributed by atoms with Crippen molar-refractivity contribution in [3.63, 3.8) is 0 Å². The molecule has 0 saturated carbocycles. The highest BCUT2D eigenvalue weighted by Gasteiger charge is 2.26. The van der Waals surface area contributed by atoms with Gasteiger partial charge in [-0.15, -0.1) is 0 Å². The molecule has 0 atom stereocenters. The Morgan fingerprint density at radius 2 is 1.79 bits per heavy atom. The van der Waals surface area contributed by atoms with Crippen molar-refractivity contribution >= 4 is 33.8 Å². The monoisotopic (exact) mass is 474 g/mol. The molecule has 0 aliphatic rings. The van der Waals surface area contributed by atoms with Gasteiger partial charge >= 0.3 is 0 Å². The molecular formula is C26H26N4O3S. The molecule has 8 heteroatoms. The largest absolute Gasteiger partial charge is 0.347 e. The van der Waals surface area contributed by atoms with Gasteiger partial charge in [-0.3, -0.25) is 14.4 Å². The van der Waals surface area contributed by atoms with Gasteiger partial charge in [-0.1, -0.05) is 67.1 Å². The van der Waals surface area contributed by atoms with Gasteiger partial charge in [0.25, 0.3) is 17.4 Å². The number of aryl methyl sites for hydroxylation is 2. The van der Waals surface area contributed by atoms with Gasteiger partial charge in [0.2, 0.25) is 0 Å². The fourth-order valence-electron chi connectivity index (χ4n) is 3.69. The Balaban J connectivity index is 1.76. The summed E-state index contributed by atoms with van der Waals surface area (Å²) in [5.41, 5.74) is 3.81. The molecule has 0 aliphatic carbocycles. The Labute approximate surface area is 201 Å². The van der Waals surface area contributed by atoms with Crippen molar-refractivity contribution in [1.29, 1.82) is 0 Å². The summed E-state index contributed by atoms with van der Waals surface area (Å²) in [4.78, 5) is 44.6. The van der Waals surface area contributed by atoms with Gasteiger partial charge < -0.3 is 10.6 Å². The van der Waals surface area contributed by atoms with E-state index in [-0.39, 0.29) is 22.7 Å². The topological polar surface area (TPSA) is 92.6 Å². The minimum absolute atomic E-state index is 0.000661. The molecule has 0 radical (unpaired) electrons. The van der Waals surface area contributed by atoms with Crippen molar-refractivity contribution in [2.75, 3.05) is 5.32 Å². The van der Waals surface area contributed by atoms with Crippen LogP contribution in [0.5, 0.6) is 0 Å². The van der Waals surface area contributed by atoms with Crippen LogP contribution in [0.4, 0.5) is 5.69 Å². The third-order valence-corrected chi connectivity index (χ3v) is 6.69. The lowest BCUT2D eigenvalue weighted by molar-refractivity contribution is 0.0933. The Kier molecular flexibility index (Phi) is 6.88. The number of aromatic nitrogens is 2. The molecule has 7 nitrogen and oxygen atoms in total. The second kappa shape index (κ2) is 10.0. The molecule has 34 heavy (non-hydrogen) atoms. The first-order chi connectivity index (χ1) is 16.4. The molecule has 4 rings (SSSR count). The number of thiazole rings is 1. The van der Waals surface area contributed by atoms with E-state index in [4.69, 9.17) is 0 Å². The molecule has 0 fully saturated rings. The lowest BCUT2D eigenvalue weighted by Crippen LogP contribution is -2.30. The minimum atomic E-state index is -0.506. The molecule has 0 aliphatic heterocycles. The maximum absolute atomic E-state index is 13.3. The van der Waals surface area contributed by atoms with E-state index < -0.39 is 11.8 Å². The average Bonchev–Trinajstić information content (AvgIpc) is 3.22. The van der Waals surface area contributed by atoms with E-state index in [1.54, 1.807) is 0 Å². The van der Waals surface area contributed by atoms with Crippen LogP contribution in [0.15, 0.2) is 59.4 Å². The fourth-order valence-corrected chi connectivity index (χ4v) is 4.73. The predicted octanol–water partition coefficient (Wildman–Crippen LogP) is 4.51. The normalized spacial score (nSPS) is 10.9. The van der Waals surface area contributed by atoms with E-state index in [1.165, 1.54) is 10.5 Å². The van der Waals surface area contributed by atoms with Crippen LogP contribution in [0, 0.1) is 13.8 Å². The average molecular weight is 475 g/mol. The van der Waals surface area contributed by atoms with Crippen molar-refractivity contribution < 1.29 is 9.59 Å². The third-order valence-electron chi connectivity index (χ3n) is 5.65. The van der Waals surface area contributed by atoms with Gasteiger partial charge in [0, 0.05) is 24.0 Å². The van der Waals surface area contributed by atoms with Gasteiger partial charge in [-0.25, -0.2) is 9.38 Å². The van der Waals surface area contributed by atoms with E-state index >= 15 is 0 Å². The van der Waals surface area contributed by atoms with Gasteiger partial charge in [-0.05, 0) is 43.0 Å². The molecule has 0 saturated heterocycles.